The van der Waals surface area contributed by atoms with Gasteiger partial charge in [0.15, 0.2) is 5.96 Å². The Morgan fingerprint density at radius 2 is 2.30 bits per heavy atom. The molecule has 0 aromatic heterocycles. The molecule has 2 aliphatic heterocycles. The first-order chi connectivity index (χ1) is 9.15. The standard InChI is InChI=1S/C14H26N4O.HI/c1-12-3-6-17(7-4-12)8-5-16-14(15)18-9-10-19-13(2)11-18;/h3,13H,4-11H2,1-2H3,(H2,15,16);1H. The van der Waals surface area contributed by atoms with Crippen molar-refractivity contribution in [2.75, 3.05) is 45.9 Å². The second-order valence-electron chi connectivity index (χ2n) is 5.47. The highest BCUT2D eigenvalue weighted by Gasteiger charge is 2.18. The van der Waals surface area contributed by atoms with Gasteiger partial charge in [-0.1, -0.05) is 11.6 Å². The van der Waals surface area contributed by atoms with E-state index in [1.807, 2.05) is 0 Å². The summed E-state index contributed by atoms with van der Waals surface area (Å²) in [5.41, 5.74) is 7.54. The van der Waals surface area contributed by atoms with Gasteiger partial charge in [0.1, 0.15) is 0 Å². The molecule has 1 unspecified atom stereocenters. The van der Waals surface area contributed by atoms with Crippen molar-refractivity contribution >= 4 is 29.9 Å². The normalized spacial score (nSPS) is 25.1. The Labute approximate surface area is 139 Å². The summed E-state index contributed by atoms with van der Waals surface area (Å²) < 4.78 is 5.50. The fourth-order valence-electron chi connectivity index (χ4n) is 2.45. The number of halogens is 1. The van der Waals surface area contributed by atoms with E-state index >= 15 is 0 Å². The molecule has 116 valence electrons. The molecule has 6 heteroatoms. The number of nitrogens with two attached hydrogens (primary N) is 1. The van der Waals surface area contributed by atoms with Gasteiger partial charge in [-0.25, -0.2) is 0 Å². The second kappa shape index (κ2) is 8.84. The van der Waals surface area contributed by atoms with Gasteiger partial charge in [0.05, 0.1) is 19.3 Å². The Morgan fingerprint density at radius 3 is 2.95 bits per heavy atom. The highest BCUT2D eigenvalue weighted by Crippen LogP contribution is 2.09. The molecule has 20 heavy (non-hydrogen) atoms. The SMILES string of the molecule is CC1=CCN(CCN=C(N)N2CCOC(C)C2)CC1.I. The number of guanidine groups is 1. The van der Waals surface area contributed by atoms with Crippen LogP contribution in [0.1, 0.15) is 20.3 Å². The van der Waals surface area contributed by atoms with Gasteiger partial charge in [0, 0.05) is 32.7 Å². The Balaban J connectivity index is 0.00000200. The van der Waals surface area contributed by atoms with Crippen molar-refractivity contribution in [1.29, 1.82) is 0 Å². The summed E-state index contributed by atoms with van der Waals surface area (Å²) in [5, 5.41) is 0. The number of ether oxygens (including phenoxy) is 1. The van der Waals surface area contributed by atoms with E-state index in [0.29, 0.717) is 5.96 Å². The number of hydrogen-bond donors (Lipinski definition) is 1. The first kappa shape index (κ1) is 17.7. The van der Waals surface area contributed by atoms with Crippen LogP contribution >= 0.6 is 24.0 Å². The largest absolute Gasteiger partial charge is 0.375 e. The molecule has 0 aliphatic carbocycles. The molecule has 0 spiro atoms. The molecule has 0 bridgehead atoms. The molecule has 2 N–H and O–H groups in total. The van der Waals surface area contributed by atoms with Crippen LogP contribution in [0.3, 0.4) is 0 Å². The molecule has 0 saturated carbocycles. The molecule has 1 fully saturated rings. The van der Waals surface area contributed by atoms with Gasteiger partial charge in [0.25, 0.3) is 0 Å². The van der Waals surface area contributed by atoms with Gasteiger partial charge in [-0.15, -0.1) is 24.0 Å². The number of rotatable bonds is 3. The van der Waals surface area contributed by atoms with E-state index in [4.69, 9.17) is 10.5 Å². The summed E-state index contributed by atoms with van der Waals surface area (Å²) in [6.45, 7) is 10.7. The molecule has 0 aromatic carbocycles. The van der Waals surface area contributed by atoms with E-state index in [0.717, 1.165) is 45.9 Å². The number of aliphatic imine (C=N–C) groups is 1. The molecular weight excluding hydrogens is 367 g/mol. The maximum Gasteiger partial charge on any atom is 0.191 e. The van der Waals surface area contributed by atoms with Gasteiger partial charge in [-0.05, 0) is 20.3 Å². The molecule has 0 amide bonds. The fraction of sp³-hybridized carbons (Fsp3) is 0.786. The van der Waals surface area contributed by atoms with E-state index in [9.17, 15) is 0 Å². The van der Waals surface area contributed by atoms with Crippen LogP contribution in [0.2, 0.25) is 0 Å². The summed E-state index contributed by atoms with van der Waals surface area (Å²) >= 11 is 0. The van der Waals surface area contributed by atoms with Crippen LogP contribution in [0.5, 0.6) is 0 Å². The highest BCUT2D eigenvalue weighted by molar-refractivity contribution is 14.0. The predicted octanol–water partition coefficient (Wildman–Crippen LogP) is 1.29. The smallest absolute Gasteiger partial charge is 0.191 e. The van der Waals surface area contributed by atoms with Gasteiger partial charge in [-0.2, -0.15) is 0 Å². The lowest BCUT2D eigenvalue weighted by molar-refractivity contribution is 0.00529. The van der Waals surface area contributed by atoms with Crippen LogP contribution in [0.25, 0.3) is 0 Å². The summed E-state index contributed by atoms with van der Waals surface area (Å²) in [6, 6.07) is 0. The minimum atomic E-state index is 0. The molecule has 2 aliphatic rings. The third-order valence-electron chi connectivity index (χ3n) is 3.78. The zero-order valence-corrected chi connectivity index (χ0v) is 14.9. The molecule has 5 nitrogen and oxygen atoms in total. The quantitative estimate of drug-likeness (QED) is 0.339. The van der Waals surface area contributed by atoms with Crippen molar-refractivity contribution < 1.29 is 4.74 Å². The maximum atomic E-state index is 6.04. The van der Waals surface area contributed by atoms with E-state index in [1.165, 1.54) is 12.0 Å². The fourth-order valence-corrected chi connectivity index (χ4v) is 2.45. The van der Waals surface area contributed by atoms with Gasteiger partial charge >= 0.3 is 0 Å². The topological polar surface area (TPSA) is 54.1 Å². The van der Waals surface area contributed by atoms with Crippen LogP contribution in [0, 0.1) is 0 Å². The lowest BCUT2D eigenvalue weighted by atomic mass is 10.1. The number of nitrogens with zero attached hydrogens (tertiary/aromatic N) is 3. The Morgan fingerprint density at radius 1 is 1.50 bits per heavy atom. The first-order valence-electron chi connectivity index (χ1n) is 7.19. The Kier molecular flexibility index (Phi) is 7.83. The lowest BCUT2D eigenvalue weighted by Crippen LogP contribution is -2.48. The monoisotopic (exact) mass is 394 g/mol. The summed E-state index contributed by atoms with van der Waals surface area (Å²) in [5.74, 6) is 0.666. The van der Waals surface area contributed by atoms with Crippen molar-refractivity contribution in [1.82, 2.24) is 9.80 Å². The summed E-state index contributed by atoms with van der Waals surface area (Å²) in [6.07, 6.45) is 3.73. The van der Waals surface area contributed by atoms with E-state index in [-0.39, 0.29) is 30.1 Å². The predicted molar refractivity (Wildman–Crippen MR) is 93.7 cm³/mol. The molecule has 1 atom stereocenters. The highest BCUT2D eigenvalue weighted by atomic mass is 127. The lowest BCUT2D eigenvalue weighted by Gasteiger charge is -2.32. The summed E-state index contributed by atoms with van der Waals surface area (Å²) in [4.78, 5) is 9.04. The van der Waals surface area contributed by atoms with Crippen molar-refractivity contribution in [3.8, 4) is 0 Å². The zero-order valence-electron chi connectivity index (χ0n) is 12.5. The van der Waals surface area contributed by atoms with Crippen LogP contribution in [0.4, 0.5) is 0 Å². The van der Waals surface area contributed by atoms with Crippen molar-refractivity contribution in [2.45, 2.75) is 26.4 Å². The van der Waals surface area contributed by atoms with Crippen LogP contribution < -0.4 is 5.73 Å². The minimum absolute atomic E-state index is 0. The van der Waals surface area contributed by atoms with Gasteiger partial charge in [0.2, 0.25) is 0 Å². The van der Waals surface area contributed by atoms with E-state index in [1.54, 1.807) is 0 Å². The summed E-state index contributed by atoms with van der Waals surface area (Å²) in [7, 11) is 0. The van der Waals surface area contributed by atoms with Crippen LogP contribution in [-0.4, -0.2) is 67.7 Å². The maximum absolute atomic E-state index is 6.04. The van der Waals surface area contributed by atoms with Crippen LogP contribution in [0.15, 0.2) is 16.6 Å². The molecule has 2 rings (SSSR count). The number of morpholine rings is 1. The average molecular weight is 394 g/mol. The minimum Gasteiger partial charge on any atom is -0.375 e. The van der Waals surface area contributed by atoms with Crippen molar-refractivity contribution in [3.05, 3.63) is 11.6 Å². The van der Waals surface area contributed by atoms with Crippen molar-refractivity contribution in [2.24, 2.45) is 10.7 Å². The van der Waals surface area contributed by atoms with Crippen molar-refractivity contribution in [3.63, 3.8) is 0 Å². The molecule has 0 aromatic rings. The molecule has 2 heterocycles. The Hall–Kier alpha value is -0.340. The molecular formula is C14H27IN4O. The third-order valence-corrected chi connectivity index (χ3v) is 3.78. The molecule has 1 saturated heterocycles. The van der Waals surface area contributed by atoms with Gasteiger partial charge < -0.3 is 15.4 Å². The Bertz CT molecular complexity index is 359. The third kappa shape index (κ3) is 5.57. The molecule has 0 radical (unpaired) electrons. The van der Waals surface area contributed by atoms with E-state index in [2.05, 4.69) is 34.7 Å². The van der Waals surface area contributed by atoms with Crippen LogP contribution in [-0.2, 0) is 4.74 Å². The second-order valence-corrected chi connectivity index (χ2v) is 5.47. The number of hydrogen-bond acceptors (Lipinski definition) is 3. The average Bonchev–Trinajstić information content (AvgIpc) is 2.41. The zero-order chi connectivity index (χ0) is 13.7. The van der Waals surface area contributed by atoms with Gasteiger partial charge in [-0.3, -0.25) is 9.89 Å². The first-order valence-corrected chi connectivity index (χ1v) is 7.19. The van der Waals surface area contributed by atoms with E-state index < -0.39 is 0 Å².